The predicted molar refractivity (Wildman–Crippen MR) is 142 cm³/mol. The van der Waals surface area contributed by atoms with Crippen LogP contribution in [0.5, 0.6) is 11.5 Å². The molecule has 2 fully saturated rings. The quantitative estimate of drug-likeness (QED) is 0.458. The van der Waals surface area contributed by atoms with Gasteiger partial charge in [0, 0.05) is 18.2 Å². The highest BCUT2D eigenvalue weighted by Gasteiger charge is 2.30. The van der Waals surface area contributed by atoms with Crippen LogP contribution < -0.4 is 9.47 Å². The first kappa shape index (κ1) is 25.0. The lowest BCUT2D eigenvalue weighted by Gasteiger charge is -2.42. The van der Waals surface area contributed by atoms with Crippen molar-refractivity contribution in [2.24, 2.45) is 5.92 Å². The van der Waals surface area contributed by atoms with Crippen LogP contribution in [0.4, 0.5) is 4.39 Å². The molecule has 3 heterocycles. The smallest absolute Gasteiger partial charge is 0.161 e. The molecule has 0 unspecified atom stereocenters. The summed E-state index contributed by atoms with van der Waals surface area (Å²) in [5.41, 5.74) is 2.76. The molecule has 0 saturated carbocycles. The summed E-state index contributed by atoms with van der Waals surface area (Å²) in [5, 5.41) is 0. The number of imidazole rings is 1. The van der Waals surface area contributed by atoms with E-state index in [4.69, 9.17) is 9.47 Å². The van der Waals surface area contributed by atoms with Crippen LogP contribution in [0.1, 0.15) is 51.0 Å². The van der Waals surface area contributed by atoms with Crippen LogP contribution in [-0.2, 0) is 0 Å². The topological polar surface area (TPSA) is 53.6 Å². The highest BCUT2D eigenvalue weighted by Crippen LogP contribution is 2.36. The van der Waals surface area contributed by atoms with Gasteiger partial charge >= 0.3 is 0 Å². The van der Waals surface area contributed by atoms with E-state index in [9.17, 15) is 0 Å². The second-order valence-electron chi connectivity index (χ2n) is 10.8. The van der Waals surface area contributed by atoms with Crippen molar-refractivity contribution in [3.63, 3.8) is 0 Å². The first-order valence-corrected chi connectivity index (χ1v) is 13.3. The molecule has 0 aliphatic carbocycles. The number of fused-ring (bicyclic) bond motifs is 1. The third-order valence-corrected chi connectivity index (χ3v) is 7.95. The summed E-state index contributed by atoms with van der Waals surface area (Å²) >= 11 is 0. The summed E-state index contributed by atoms with van der Waals surface area (Å²) in [6, 6.07) is 10.2. The molecule has 3 aromatic rings. The van der Waals surface area contributed by atoms with Crippen molar-refractivity contribution in [1.29, 1.82) is 0 Å². The fourth-order valence-electron chi connectivity index (χ4n) is 6.05. The lowest BCUT2D eigenvalue weighted by Crippen LogP contribution is -2.48. The molecule has 5 rings (SSSR count). The number of nitrogens with one attached hydrogen (secondary N) is 1. The molecule has 0 spiro atoms. The molecule has 1 N–H and O–H groups in total. The molecule has 2 saturated heterocycles. The van der Waals surface area contributed by atoms with Gasteiger partial charge in [0.1, 0.15) is 11.3 Å². The van der Waals surface area contributed by atoms with E-state index < -0.39 is 0 Å². The lowest BCUT2D eigenvalue weighted by atomic mass is 9.87. The monoisotopic (exact) mass is 494 g/mol. The van der Waals surface area contributed by atoms with Crippen LogP contribution in [0.25, 0.3) is 22.4 Å². The summed E-state index contributed by atoms with van der Waals surface area (Å²) in [5.74, 6) is 2.69. The van der Waals surface area contributed by atoms with Gasteiger partial charge in [0.05, 0.1) is 19.7 Å². The molecule has 194 valence electrons. The normalized spacial score (nSPS) is 18.8. The van der Waals surface area contributed by atoms with E-state index in [-0.39, 0.29) is 11.7 Å². The third kappa shape index (κ3) is 5.09. The number of benzene rings is 2. The molecule has 36 heavy (non-hydrogen) atoms. The minimum absolute atomic E-state index is 0.184. The number of methoxy groups -OCH3 is 2. The Balaban J connectivity index is 1.26. The van der Waals surface area contributed by atoms with Crippen molar-refractivity contribution >= 4 is 11.0 Å². The zero-order valence-electron chi connectivity index (χ0n) is 22.0. The maximum absolute atomic E-state index is 15.7. The number of hydrogen-bond acceptors (Lipinski definition) is 5. The van der Waals surface area contributed by atoms with Crippen molar-refractivity contribution in [2.45, 2.75) is 51.5 Å². The number of H-pyrrole nitrogens is 1. The van der Waals surface area contributed by atoms with Gasteiger partial charge in [-0.15, -0.1) is 0 Å². The second kappa shape index (κ2) is 10.8. The Kier molecular flexibility index (Phi) is 7.49. The Labute approximate surface area is 213 Å². The Morgan fingerprint density at radius 1 is 0.972 bits per heavy atom. The van der Waals surface area contributed by atoms with Crippen molar-refractivity contribution in [3.05, 3.63) is 41.7 Å². The zero-order chi connectivity index (χ0) is 25.2. The fourth-order valence-corrected chi connectivity index (χ4v) is 6.05. The summed E-state index contributed by atoms with van der Waals surface area (Å²) in [6.07, 6.45) is 4.51. The van der Waals surface area contributed by atoms with Crippen molar-refractivity contribution in [3.8, 4) is 22.9 Å². The van der Waals surface area contributed by atoms with Gasteiger partial charge < -0.3 is 24.3 Å². The van der Waals surface area contributed by atoms with E-state index in [1.165, 1.54) is 32.5 Å². The highest BCUT2D eigenvalue weighted by molar-refractivity contribution is 5.81. The molecule has 0 amide bonds. The number of ether oxygens (including phenoxy) is 2. The summed E-state index contributed by atoms with van der Waals surface area (Å²) in [4.78, 5) is 13.2. The summed E-state index contributed by atoms with van der Waals surface area (Å²) in [6.45, 7) is 10.3. The number of hydrogen-bond donors (Lipinski definition) is 1. The summed E-state index contributed by atoms with van der Waals surface area (Å²) < 4.78 is 26.5. The third-order valence-electron chi connectivity index (χ3n) is 7.95. The fraction of sp³-hybridized carbons (Fsp3) is 0.552. The van der Waals surface area contributed by atoms with Crippen LogP contribution in [-0.4, -0.2) is 72.8 Å². The lowest BCUT2D eigenvalue weighted by molar-refractivity contribution is 0.0825. The molecule has 7 heteroatoms. The molecule has 2 aromatic carbocycles. The van der Waals surface area contributed by atoms with E-state index in [0.29, 0.717) is 34.4 Å². The first-order chi connectivity index (χ1) is 17.5. The van der Waals surface area contributed by atoms with E-state index in [2.05, 4.69) is 33.6 Å². The molecule has 0 radical (unpaired) electrons. The second-order valence-corrected chi connectivity index (χ2v) is 10.8. The molecular formula is C29H39FN4O2. The molecule has 1 aromatic heterocycles. The number of aromatic nitrogens is 2. The zero-order valence-corrected chi connectivity index (χ0v) is 22.0. The minimum atomic E-state index is -0.184. The van der Waals surface area contributed by atoms with Crippen molar-refractivity contribution < 1.29 is 13.9 Å². The average molecular weight is 495 g/mol. The van der Waals surface area contributed by atoms with Gasteiger partial charge in [-0.2, -0.15) is 0 Å². The van der Waals surface area contributed by atoms with Crippen molar-refractivity contribution in [2.75, 3.05) is 46.9 Å². The molecular weight excluding hydrogens is 455 g/mol. The van der Waals surface area contributed by atoms with E-state index in [0.717, 1.165) is 43.0 Å². The molecule has 0 atom stereocenters. The van der Waals surface area contributed by atoms with Gasteiger partial charge in [-0.25, -0.2) is 9.37 Å². The molecule has 2 aliphatic heterocycles. The molecule has 6 nitrogen and oxygen atoms in total. The predicted octanol–water partition coefficient (Wildman–Crippen LogP) is 5.69. The number of nitrogens with zero attached hydrogens (tertiary/aromatic N) is 3. The number of aromatic amines is 1. The Bertz CT molecular complexity index is 1180. The van der Waals surface area contributed by atoms with E-state index in [1.807, 2.05) is 30.3 Å². The van der Waals surface area contributed by atoms with Gasteiger partial charge in [-0.05, 0) is 93.5 Å². The van der Waals surface area contributed by atoms with Gasteiger partial charge in [0.25, 0.3) is 0 Å². The first-order valence-electron chi connectivity index (χ1n) is 13.3. The maximum atomic E-state index is 15.7. The maximum Gasteiger partial charge on any atom is 0.161 e. The van der Waals surface area contributed by atoms with Gasteiger partial charge in [0.15, 0.2) is 17.3 Å². The Morgan fingerprint density at radius 2 is 1.69 bits per heavy atom. The standard InChI is InChI=1S/C29H39FN4O2/c1-19(2)18-33-13-11-22(12-14-33)34-15-9-20(10-16-34)23-6-7-24-28(27(23)30)32-29(31-24)21-5-8-25(35-3)26(17-21)36-4/h5-8,17,19-20,22H,9-16,18H2,1-4H3,(H,31,32). The molecule has 2 aliphatic rings. The van der Waals surface area contributed by atoms with E-state index in [1.54, 1.807) is 14.2 Å². The molecule has 0 bridgehead atoms. The number of piperidine rings is 2. The van der Waals surface area contributed by atoms with Gasteiger partial charge in [-0.1, -0.05) is 19.9 Å². The van der Waals surface area contributed by atoms with Crippen LogP contribution in [0, 0.1) is 11.7 Å². The Hall–Kier alpha value is -2.64. The minimum Gasteiger partial charge on any atom is -0.493 e. The van der Waals surface area contributed by atoms with E-state index >= 15 is 4.39 Å². The highest BCUT2D eigenvalue weighted by atomic mass is 19.1. The summed E-state index contributed by atoms with van der Waals surface area (Å²) in [7, 11) is 3.21. The largest absolute Gasteiger partial charge is 0.493 e. The number of likely N-dealkylation sites (tertiary alicyclic amines) is 2. The van der Waals surface area contributed by atoms with Gasteiger partial charge in [-0.3, -0.25) is 0 Å². The number of halogens is 1. The Morgan fingerprint density at radius 3 is 2.36 bits per heavy atom. The van der Waals surface area contributed by atoms with Gasteiger partial charge in [0.2, 0.25) is 0 Å². The van der Waals surface area contributed by atoms with Crippen molar-refractivity contribution in [1.82, 2.24) is 19.8 Å². The number of rotatable bonds is 7. The van der Waals surface area contributed by atoms with Crippen LogP contribution in [0.3, 0.4) is 0 Å². The van der Waals surface area contributed by atoms with Crippen LogP contribution >= 0.6 is 0 Å². The SMILES string of the molecule is COc1ccc(-c2nc3c(F)c(C4CCN(C5CCN(CC(C)C)CC5)CC4)ccc3[nH]2)cc1OC. The average Bonchev–Trinajstić information content (AvgIpc) is 3.34. The van der Waals surface area contributed by atoms with Crippen LogP contribution in [0.15, 0.2) is 30.3 Å². The van der Waals surface area contributed by atoms with Crippen LogP contribution in [0.2, 0.25) is 0 Å².